The molecular weight excluding hydrogens is 625 g/mol. The molecule has 2 unspecified atom stereocenters. The molecule has 4 aromatic carbocycles. The van der Waals surface area contributed by atoms with Crippen LogP contribution in [0.5, 0.6) is 0 Å². The molecule has 0 spiro atoms. The van der Waals surface area contributed by atoms with Crippen molar-refractivity contribution in [2.24, 2.45) is 0 Å². The monoisotopic (exact) mass is 640 g/mol. The molecule has 36 heavy (non-hydrogen) atoms. The Morgan fingerprint density at radius 2 is 1.28 bits per heavy atom. The van der Waals surface area contributed by atoms with Gasteiger partial charge in [0.15, 0.2) is 0 Å². The van der Waals surface area contributed by atoms with E-state index in [2.05, 4.69) is 91.0 Å². The predicted octanol–water partition coefficient (Wildman–Crippen LogP) is 3.22. The molecule has 0 saturated carbocycles. The van der Waals surface area contributed by atoms with E-state index in [0.717, 1.165) is 10.0 Å². The third-order valence-corrected chi connectivity index (χ3v) is 12.2. The molecule has 6 heteroatoms. The van der Waals surface area contributed by atoms with Crippen LogP contribution in [0.25, 0.3) is 12.2 Å². The molecule has 2 aliphatic heterocycles. The van der Waals surface area contributed by atoms with E-state index in [-0.39, 0.29) is 36.6 Å². The summed E-state index contributed by atoms with van der Waals surface area (Å²) in [7, 11) is 0. The SMILES string of the molecule is Clc1cccc2c1C(c1ccccc1)[C]([Zr+2][C]1=Cc3c4ccc(Cl)c3C1c1ccc(cc1)S4)=C2.[Cl-].[Cl-]. The van der Waals surface area contributed by atoms with E-state index in [1.165, 1.54) is 43.2 Å². The molecule has 0 N–H and O–H groups in total. The van der Waals surface area contributed by atoms with Gasteiger partial charge >= 0.3 is 227 Å². The zero-order valence-electron chi connectivity index (χ0n) is 18.8. The Morgan fingerprint density at radius 3 is 2.06 bits per heavy atom. The summed E-state index contributed by atoms with van der Waals surface area (Å²) in [6.45, 7) is 0. The van der Waals surface area contributed by atoms with E-state index in [0.29, 0.717) is 0 Å². The molecular formula is C30H18Cl4SZr. The normalized spacial score (nSPS) is 17.9. The number of halogens is 4. The number of hydrogen-bond acceptors (Lipinski definition) is 1. The maximum Gasteiger partial charge on any atom is -1.00 e. The number of fused-ring (bicyclic) bond motifs is 3. The van der Waals surface area contributed by atoms with Gasteiger partial charge in [0.25, 0.3) is 0 Å². The van der Waals surface area contributed by atoms with Crippen molar-refractivity contribution in [3.8, 4) is 0 Å². The zero-order chi connectivity index (χ0) is 22.8. The van der Waals surface area contributed by atoms with Gasteiger partial charge in [-0.1, -0.05) is 0 Å². The Bertz CT molecular complexity index is 1530. The first-order valence-electron chi connectivity index (χ1n) is 11.3. The van der Waals surface area contributed by atoms with Crippen LogP contribution >= 0.6 is 35.0 Å². The van der Waals surface area contributed by atoms with Gasteiger partial charge in [-0.25, -0.2) is 0 Å². The Balaban J connectivity index is 0.00000133. The molecule has 0 nitrogen and oxygen atoms in total. The quantitative estimate of drug-likeness (QED) is 0.331. The van der Waals surface area contributed by atoms with Crippen LogP contribution in [-0.2, 0) is 23.2 Å². The van der Waals surface area contributed by atoms with E-state index in [1.807, 2.05) is 17.8 Å². The number of allylic oxidation sites excluding steroid dienone is 2. The van der Waals surface area contributed by atoms with Gasteiger partial charge in [0.2, 0.25) is 0 Å². The molecule has 8 rings (SSSR count). The fourth-order valence-corrected chi connectivity index (χ4v) is 11.1. The van der Waals surface area contributed by atoms with Gasteiger partial charge in [0.05, 0.1) is 0 Å². The van der Waals surface area contributed by atoms with Crippen molar-refractivity contribution in [3.05, 3.63) is 135 Å². The molecule has 4 aromatic rings. The first-order valence-corrected chi connectivity index (χ1v) is 15.3. The van der Waals surface area contributed by atoms with Crippen LogP contribution in [0.2, 0.25) is 10.0 Å². The second kappa shape index (κ2) is 10.5. The van der Waals surface area contributed by atoms with E-state index in [4.69, 9.17) is 23.2 Å². The molecule has 0 radical (unpaired) electrons. The minimum atomic E-state index is -1.15. The maximum absolute atomic E-state index is 6.86. The zero-order valence-corrected chi connectivity index (χ0v) is 25.1. The molecule has 4 aliphatic rings. The van der Waals surface area contributed by atoms with Crippen molar-refractivity contribution in [2.75, 3.05) is 0 Å². The minimum absolute atomic E-state index is 0. The summed E-state index contributed by atoms with van der Waals surface area (Å²) in [4.78, 5) is 2.58. The van der Waals surface area contributed by atoms with Gasteiger partial charge in [-0.05, 0) is 0 Å². The van der Waals surface area contributed by atoms with Gasteiger partial charge in [0.1, 0.15) is 0 Å². The Morgan fingerprint density at radius 1 is 0.611 bits per heavy atom. The van der Waals surface area contributed by atoms with Crippen molar-refractivity contribution < 1.29 is 48.0 Å². The topological polar surface area (TPSA) is 0 Å². The van der Waals surface area contributed by atoms with Gasteiger partial charge in [-0.2, -0.15) is 0 Å². The standard InChI is InChI=1S/C15H8ClS.C15H10Cl.2ClH.Zr/c16-13-7-8-14-12-6-5-11(15(12)13)9-1-3-10(17-14)4-2-9;16-14-8-4-7-12-9-10-13(15(12)14)11-5-2-1-3-6-11;;;/h1-4,6-8,11H;1-9,13H;2*1H;/q;;;;+2/p-2. The number of rotatable bonds is 3. The van der Waals surface area contributed by atoms with Crippen LogP contribution in [0, 0.1) is 0 Å². The Labute approximate surface area is 249 Å². The van der Waals surface area contributed by atoms with Crippen molar-refractivity contribution in [1.82, 2.24) is 0 Å². The van der Waals surface area contributed by atoms with E-state index in [1.54, 1.807) is 6.56 Å². The largest absolute Gasteiger partial charge is 1.00 e. The average Bonchev–Trinajstić information content (AvgIpc) is 3.43. The second-order valence-electron chi connectivity index (χ2n) is 8.89. The van der Waals surface area contributed by atoms with Crippen LogP contribution in [0.15, 0.2) is 101 Å². The minimum Gasteiger partial charge on any atom is -1.00 e. The van der Waals surface area contributed by atoms with Crippen molar-refractivity contribution in [3.63, 3.8) is 0 Å². The molecule has 176 valence electrons. The summed E-state index contributed by atoms with van der Waals surface area (Å²) in [6, 6.07) is 30.5. The first-order chi connectivity index (χ1) is 16.7. The van der Waals surface area contributed by atoms with Crippen molar-refractivity contribution in [2.45, 2.75) is 21.6 Å². The van der Waals surface area contributed by atoms with Crippen LogP contribution in [0.3, 0.4) is 0 Å². The van der Waals surface area contributed by atoms with Gasteiger partial charge in [0, 0.05) is 0 Å². The van der Waals surface area contributed by atoms with Gasteiger partial charge < -0.3 is 24.8 Å². The van der Waals surface area contributed by atoms with Crippen LogP contribution < -0.4 is 24.8 Å². The molecule has 0 aromatic heterocycles. The predicted molar refractivity (Wildman–Crippen MR) is 140 cm³/mol. The van der Waals surface area contributed by atoms with Gasteiger partial charge in [-0.15, -0.1) is 0 Å². The Kier molecular flexibility index (Phi) is 7.68. The number of hydrogen-bond donors (Lipinski definition) is 0. The summed E-state index contributed by atoms with van der Waals surface area (Å²) >= 11 is 14.3. The molecule has 0 saturated heterocycles. The fraction of sp³-hybridized carbons (Fsp3) is 0.0667. The van der Waals surface area contributed by atoms with E-state index in [9.17, 15) is 0 Å². The third kappa shape index (κ3) is 4.29. The summed E-state index contributed by atoms with van der Waals surface area (Å²) in [6.07, 6.45) is 4.90. The van der Waals surface area contributed by atoms with E-state index >= 15 is 0 Å². The molecule has 6 bridgehead atoms. The molecule has 2 heterocycles. The molecule has 0 amide bonds. The smallest absolute Gasteiger partial charge is 1.00 e. The Hall–Kier alpha value is -1.25. The second-order valence-corrected chi connectivity index (χ2v) is 14.3. The van der Waals surface area contributed by atoms with E-state index < -0.39 is 23.2 Å². The van der Waals surface area contributed by atoms with Crippen LogP contribution in [-0.4, -0.2) is 0 Å². The van der Waals surface area contributed by atoms with Crippen LogP contribution in [0.4, 0.5) is 0 Å². The maximum atomic E-state index is 6.86. The van der Waals surface area contributed by atoms with Crippen LogP contribution in [0.1, 0.15) is 45.2 Å². The molecule has 0 fully saturated rings. The van der Waals surface area contributed by atoms with Crippen molar-refractivity contribution >= 4 is 47.1 Å². The molecule has 2 aliphatic carbocycles. The first kappa shape index (κ1) is 26.4. The average molecular weight is 644 g/mol. The van der Waals surface area contributed by atoms with Gasteiger partial charge in [-0.3, -0.25) is 0 Å². The third-order valence-electron chi connectivity index (χ3n) is 6.95. The molecule has 2 atom stereocenters. The van der Waals surface area contributed by atoms with Crippen molar-refractivity contribution in [1.29, 1.82) is 0 Å². The number of benzene rings is 4. The summed E-state index contributed by atoms with van der Waals surface area (Å²) < 4.78 is 3.13. The summed E-state index contributed by atoms with van der Waals surface area (Å²) in [5, 5.41) is 1.75. The summed E-state index contributed by atoms with van der Waals surface area (Å²) in [5.74, 6) is 0.486. The summed E-state index contributed by atoms with van der Waals surface area (Å²) in [5.41, 5.74) is 7.82. The fourth-order valence-electron chi connectivity index (χ4n) is 5.48.